The number of Topliss-reactive ketones (excluding diaryl/α,β-unsaturated/α-hetero) is 1. The Morgan fingerprint density at radius 1 is 1.06 bits per heavy atom. The molecule has 1 unspecified atom stereocenters. The SMILES string of the molecule is COc1ccc(/C(O)=C2/C(=O)C(=O)N(Cc3ccncc3)C2c2ccc(F)cc2)cc1C(C)(C)C. The molecular weight excluding hydrogens is 447 g/mol. The number of hydrogen-bond donors (Lipinski definition) is 1. The van der Waals surface area contributed by atoms with Crippen molar-refractivity contribution in [2.75, 3.05) is 7.11 Å². The summed E-state index contributed by atoms with van der Waals surface area (Å²) < 4.78 is 19.2. The molecule has 3 aromatic rings. The number of likely N-dealkylation sites (tertiary alicyclic amines) is 1. The van der Waals surface area contributed by atoms with Crippen LogP contribution in [0, 0.1) is 5.82 Å². The maximum absolute atomic E-state index is 13.7. The number of aliphatic hydroxyl groups is 1. The maximum atomic E-state index is 13.7. The van der Waals surface area contributed by atoms with Crippen molar-refractivity contribution >= 4 is 17.4 Å². The number of ether oxygens (including phenoxy) is 1. The molecule has 1 atom stereocenters. The van der Waals surface area contributed by atoms with E-state index in [0.29, 0.717) is 16.9 Å². The molecular formula is C28H27FN2O4. The van der Waals surface area contributed by atoms with Gasteiger partial charge >= 0.3 is 0 Å². The number of carbonyl (C=O) groups is 2. The van der Waals surface area contributed by atoms with Gasteiger partial charge in [0, 0.05) is 30.1 Å². The monoisotopic (exact) mass is 474 g/mol. The molecule has 180 valence electrons. The molecule has 4 rings (SSSR count). The lowest BCUT2D eigenvalue weighted by molar-refractivity contribution is -0.140. The number of nitrogens with zero attached hydrogens (tertiary/aromatic N) is 2. The van der Waals surface area contributed by atoms with Gasteiger partial charge in [0.2, 0.25) is 0 Å². The Labute approximate surface area is 203 Å². The van der Waals surface area contributed by atoms with Gasteiger partial charge in [0.25, 0.3) is 11.7 Å². The fourth-order valence-electron chi connectivity index (χ4n) is 4.32. The maximum Gasteiger partial charge on any atom is 0.295 e. The molecule has 1 aliphatic heterocycles. The van der Waals surface area contributed by atoms with Crippen molar-refractivity contribution in [3.05, 3.63) is 101 Å². The summed E-state index contributed by atoms with van der Waals surface area (Å²) in [5.74, 6) is -1.60. The predicted octanol–water partition coefficient (Wildman–Crippen LogP) is 5.15. The Morgan fingerprint density at radius 3 is 2.31 bits per heavy atom. The summed E-state index contributed by atoms with van der Waals surface area (Å²) in [6.45, 7) is 6.17. The number of amides is 1. The summed E-state index contributed by atoms with van der Waals surface area (Å²) in [7, 11) is 1.57. The second kappa shape index (κ2) is 9.33. The number of carbonyl (C=O) groups excluding carboxylic acids is 2. The van der Waals surface area contributed by atoms with E-state index in [1.807, 2.05) is 20.8 Å². The van der Waals surface area contributed by atoms with Gasteiger partial charge in [-0.05, 0) is 59.0 Å². The van der Waals surface area contributed by atoms with Crippen LogP contribution in [0.25, 0.3) is 5.76 Å². The van der Waals surface area contributed by atoms with E-state index in [1.54, 1.807) is 49.8 Å². The molecule has 0 aliphatic carbocycles. The van der Waals surface area contributed by atoms with E-state index in [0.717, 1.165) is 11.1 Å². The van der Waals surface area contributed by atoms with E-state index in [-0.39, 0.29) is 23.3 Å². The number of rotatable bonds is 5. The number of pyridine rings is 1. The molecule has 35 heavy (non-hydrogen) atoms. The molecule has 2 heterocycles. The highest BCUT2D eigenvalue weighted by Crippen LogP contribution is 2.41. The summed E-state index contributed by atoms with van der Waals surface area (Å²) in [5.41, 5.74) is 2.18. The van der Waals surface area contributed by atoms with Gasteiger partial charge in [-0.1, -0.05) is 32.9 Å². The van der Waals surface area contributed by atoms with Crippen LogP contribution in [0.5, 0.6) is 5.75 Å². The number of aromatic nitrogens is 1. The highest BCUT2D eigenvalue weighted by molar-refractivity contribution is 6.46. The van der Waals surface area contributed by atoms with Gasteiger partial charge in [0.15, 0.2) is 0 Å². The first-order valence-electron chi connectivity index (χ1n) is 11.2. The second-order valence-corrected chi connectivity index (χ2v) is 9.50. The molecule has 1 saturated heterocycles. The third kappa shape index (κ3) is 4.67. The quantitative estimate of drug-likeness (QED) is 0.314. The number of benzene rings is 2. The van der Waals surface area contributed by atoms with E-state index < -0.39 is 23.5 Å². The second-order valence-electron chi connectivity index (χ2n) is 9.50. The summed E-state index contributed by atoms with van der Waals surface area (Å²) in [4.78, 5) is 31.8. The van der Waals surface area contributed by atoms with Crippen LogP contribution in [0.1, 0.15) is 49.1 Å². The number of methoxy groups -OCH3 is 1. The van der Waals surface area contributed by atoms with E-state index in [4.69, 9.17) is 4.74 Å². The van der Waals surface area contributed by atoms with Crippen LogP contribution in [-0.4, -0.2) is 33.8 Å². The fourth-order valence-corrected chi connectivity index (χ4v) is 4.32. The molecule has 0 spiro atoms. The normalized spacial score (nSPS) is 17.6. The van der Waals surface area contributed by atoms with Gasteiger partial charge in [-0.15, -0.1) is 0 Å². The average Bonchev–Trinajstić information content (AvgIpc) is 3.08. The van der Waals surface area contributed by atoms with E-state index in [9.17, 15) is 19.1 Å². The lowest BCUT2D eigenvalue weighted by Crippen LogP contribution is -2.29. The molecule has 2 aromatic carbocycles. The third-order valence-corrected chi connectivity index (χ3v) is 6.11. The first-order chi connectivity index (χ1) is 16.6. The van der Waals surface area contributed by atoms with Crippen LogP contribution in [-0.2, 0) is 21.5 Å². The predicted molar refractivity (Wildman–Crippen MR) is 130 cm³/mol. The third-order valence-electron chi connectivity index (χ3n) is 6.11. The summed E-state index contributed by atoms with van der Waals surface area (Å²) in [6, 6.07) is 13.4. The zero-order valence-electron chi connectivity index (χ0n) is 20.1. The fraction of sp³-hybridized carbons (Fsp3) is 0.250. The zero-order valence-corrected chi connectivity index (χ0v) is 20.1. The molecule has 0 radical (unpaired) electrons. The number of ketones is 1. The smallest absolute Gasteiger partial charge is 0.295 e. The van der Waals surface area contributed by atoms with Crippen molar-refractivity contribution < 1.29 is 23.8 Å². The van der Waals surface area contributed by atoms with Crippen LogP contribution in [0.4, 0.5) is 4.39 Å². The van der Waals surface area contributed by atoms with Gasteiger partial charge in [0.05, 0.1) is 18.7 Å². The molecule has 0 saturated carbocycles. The minimum absolute atomic E-state index is 0.0410. The van der Waals surface area contributed by atoms with Crippen molar-refractivity contribution in [2.24, 2.45) is 0 Å². The van der Waals surface area contributed by atoms with Crippen molar-refractivity contribution in [1.82, 2.24) is 9.88 Å². The zero-order chi connectivity index (χ0) is 25.3. The Hall–Kier alpha value is -4.00. The van der Waals surface area contributed by atoms with Gasteiger partial charge in [-0.2, -0.15) is 0 Å². The minimum Gasteiger partial charge on any atom is -0.507 e. The lowest BCUT2D eigenvalue weighted by Gasteiger charge is -2.26. The molecule has 1 amide bonds. The highest BCUT2D eigenvalue weighted by Gasteiger charge is 2.46. The van der Waals surface area contributed by atoms with Gasteiger partial charge < -0.3 is 14.7 Å². The van der Waals surface area contributed by atoms with Gasteiger partial charge in [-0.3, -0.25) is 14.6 Å². The molecule has 7 heteroatoms. The first kappa shape index (κ1) is 24.1. The number of halogens is 1. The van der Waals surface area contributed by atoms with Gasteiger partial charge in [-0.25, -0.2) is 4.39 Å². The number of hydrogen-bond acceptors (Lipinski definition) is 5. The standard InChI is InChI=1S/C28H27FN2O4/c1-28(2,3)21-15-19(7-10-22(21)35-4)25(32)23-24(18-5-8-20(29)9-6-18)31(27(34)26(23)33)16-17-11-13-30-14-12-17/h5-15,24,32H,16H2,1-4H3/b25-23-. The van der Waals surface area contributed by atoms with Crippen molar-refractivity contribution in [3.8, 4) is 5.75 Å². The Balaban J connectivity index is 1.89. The summed E-state index contributed by atoms with van der Waals surface area (Å²) in [5, 5.41) is 11.4. The van der Waals surface area contributed by atoms with Crippen molar-refractivity contribution in [2.45, 2.75) is 38.8 Å². The summed E-state index contributed by atoms with van der Waals surface area (Å²) in [6.07, 6.45) is 3.20. The van der Waals surface area contributed by atoms with E-state index in [2.05, 4.69) is 4.98 Å². The van der Waals surface area contributed by atoms with E-state index >= 15 is 0 Å². The van der Waals surface area contributed by atoms with Crippen LogP contribution in [0.2, 0.25) is 0 Å². The first-order valence-corrected chi connectivity index (χ1v) is 11.2. The lowest BCUT2D eigenvalue weighted by atomic mass is 9.84. The number of aliphatic hydroxyl groups excluding tert-OH is 1. The van der Waals surface area contributed by atoms with Crippen molar-refractivity contribution in [1.29, 1.82) is 0 Å². The van der Waals surface area contributed by atoms with E-state index in [1.165, 1.54) is 29.2 Å². The summed E-state index contributed by atoms with van der Waals surface area (Å²) >= 11 is 0. The Kier molecular flexibility index (Phi) is 6.43. The van der Waals surface area contributed by atoms with Crippen LogP contribution >= 0.6 is 0 Å². The minimum atomic E-state index is -0.885. The molecule has 1 aliphatic rings. The Bertz CT molecular complexity index is 1290. The largest absolute Gasteiger partial charge is 0.507 e. The molecule has 6 nitrogen and oxygen atoms in total. The molecule has 1 N–H and O–H groups in total. The van der Waals surface area contributed by atoms with Crippen LogP contribution in [0.3, 0.4) is 0 Å². The van der Waals surface area contributed by atoms with Crippen LogP contribution in [0.15, 0.2) is 72.6 Å². The highest BCUT2D eigenvalue weighted by atomic mass is 19.1. The average molecular weight is 475 g/mol. The van der Waals surface area contributed by atoms with Gasteiger partial charge in [0.1, 0.15) is 17.3 Å². The topological polar surface area (TPSA) is 79.7 Å². The van der Waals surface area contributed by atoms with Crippen molar-refractivity contribution in [3.63, 3.8) is 0 Å². The van der Waals surface area contributed by atoms with Crippen LogP contribution < -0.4 is 4.74 Å². The molecule has 1 fully saturated rings. The molecule has 0 bridgehead atoms. The Morgan fingerprint density at radius 2 is 1.71 bits per heavy atom. The molecule has 1 aromatic heterocycles.